The zero-order valence-corrected chi connectivity index (χ0v) is 32.1. The average molecular weight is 689 g/mol. The van der Waals surface area contributed by atoms with Crippen LogP contribution in [0.4, 0.5) is 0 Å². The molecule has 2 unspecified atom stereocenters. The van der Waals surface area contributed by atoms with E-state index in [1.807, 2.05) is 0 Å². The second-order valence-corrected chi connectivity index (χ2v) is 14.6. The summed E-state index contributed by atoms with van der Waals surface area (Å²) in [6, 6.07) is 0. The fourth-order valence-corrected chi connectivity index (χ4v) is 6.06. The third kappa shape index (κ3) is 30.6. The van der Waals surface area contributed by atoms with Crippen LogP contribution in [0.15, 0.2) is 36.5 Å². The molecule has 1 rings (SSSR count). The van der Waals surface area contributed by atoms with Gasteiger partial charge in [0.25, 0.3) is 0 Å². The number of unbranched alkanes of at least 4 members (excludes halogenated alkanes) is 16. The predicted octanol–water partition coefficient (Wildman–Crippen LogP) is 11.7. The average Bonchev–Trinajstić information content (AvgIpc) is 3.84. The van der Waals surface area contributed by atoms with Gasteiger partial charge in [0.05, 0.1) is 18.8 Å². The Bertz CT molecular complexity index is 862. The van der Waals surface area contributed by atoms with E-state index in [2.05, 4.69) is 57.2 Å². The molecule has 49 heavy (non-hydrogen) atoms. The van der Waals surface area contributed by atoms with Crippen LogP contribution in [-0.4, -0.2) is 48.6 Å². The Balaban J connectivity index is 1.92. The molecule has 0 radical (unpaired) electrons. The van der Waals surface area contributed by atoms with Crippen molar-refractivity contribution in [2.24, 2.45) is 5.92 Å². The lowest BCUT2D eigenvalue weighted by Crippen LogP contribution is -2.28. The van der Waals surface area contributed by atoms with Gasteiger partial charge in [-0.2, -0.15) is 0 Å². The third-order valence-electron chi connectivity index (χ3n) is 9.29. The Morgan fingerprint density at radius 3 is 1.80 bits per heavy atom. The van der Waals surface area contributed by atoms with Gasteiger partial charge in [-0.3, -0.25) is 9.59 Å². The maximum absolute atomic E-state index is 12.2. The van der Waals surface area contributed by atoms with Gasteiger partial charge in [0, 0.05) is 12.8 Å². The molecule has 0 spiro atoms. The van der Waals surface area contributed by atoms with Crippen molar-refractivity contribution < 1.29 is 28.9 Å². The van der Waals surface area contributed by atoms with Crippen LogP contribution in [0.25, 0.3) is 0 Å². The second kappa shape index (κ2) is 33.2. The molecule has 0 aromatic rings. The molecule has 1 aliphatic heterocycles. The number of ether oxygens (including phenoxy) is 3. The SMILES string of the molecule is CCCCC/C=C\C/C=C\C/C=C\CC1OC1CCCC(=O)O[C@@H](CO)COC(=O)CCCCCCCCCCCCCCCCC(C)C. The largest absolute Gasteiger partial charge is 0.462 e. The van der Waals surface area contributed by atoms with Crippen molar-refractivity contribution in [2.45, 2.75) is 206 Å². The van der Waals surface area contributed by atoms with Crippen molar-refractivity contribution in [1.82, 2.24) is 0 Å². The zero-order valence-electron chi connectivity index (χ0n) is 32.1. The molecular weight excluding hydrogens is 612 g/mol. The number of aliphatic hydroxyl groups excluding tert-OH is 1. The molecule has 0 amide bonds. The Morgan fingerprint density at radius 2 is 1.20 bits per heavy atom. The number of esters is 2. The van der Waals surface area contributed by atoms with Crippen molar-refractivity contribution in [3.05, 3.63) is 36.5 Å². The summed E-state index contributed by atoms with van der Waals surface area (Å²) in [6.07, 6.45) is 42.3. The van der Waals surface area contributed by atoms with Crippen LogP contribution in [0.5, 0.6) is 0 Å². The minimum atomic E-state index is -0.808. The molecule has 1 heterocycles. The number of allylic oxidation sites excluding steroid dienone is 5. The summed E-state index contributed by atoms with van der Waals surface area (Å²) in [5.41, 5.74) is 0. The highest BCUT2D eigenvalue weighted by Crippen LogP contribution is 2.30. The predicted molar refractivity (Wildman–Crippen MR) is 205 cm³/mol. The molecule has 1 N–H and O–H groups in total. The summed E-state index contributed by atoms with van der Waals surface area (Å²) in [5, 5.41) is 9.59. The van der Waals surface area contributed by atoms with Crippen LogP contribution in [-0.2, 0) is 23.8 Å². The lowest BCUT2D eigenvalue weighted by molar-refractivity contribution is -0.161. The molecule has 6 nitrogen and oxygen atoms in total. The summed E-state index contributed by atoms with van der Waals surface area (Å²) in [6.45, 7) is 6.41. The first kappa shape index (κ1) is 45.1. The molecule has 0 aromatic heterocycles. The van der Waals surface area contributed by atoms with Gasteiger partial charge >= 0.3 is 11.9 Å². The molecule has 6 heteroatoms. The van der Waals surface area contributed by atoms with Gasteiger partial charge < -0.3 is 19.3 Å². The van der Waals surface area contributed by atoms with Crippen molar-refractivity contribution in [3.8, 4) is 0 Å². The maximum Gasteiger partial charge on any atom is 0.306 e. The number of carbonyl (C=O) groups is 2. The van der Waals surface area contributed by atoms with Gasteiger partial charge in [-0.05, 0) is 57.3 Å². The van der Waals surface area contributed by atoms with Crippen LogP contribution < -0.4 is 0 Å². The van der Waals surface area contributed by atoms with E-state index < -0.39 is 6.10 Å². The summed E-state index contributed by atoms with van der Waals surface area (Å²) in [7, 11) is 0. The van der Waals surface area contributed by atoms with Gasteiger partial charge in [0.15, 0.2) is 6.10 Å². The first-order chi connectivity index (χ1) is 24.0. The maximum atomic E-state index is 12.2. The molecular formula is C43H76O6. The summed E-state index contributed by atoms with van der Waals surface area (Å²) in [4.78, 5) is 24.4. The minimum Gasteiger partial charge on any atom is -0.462 e. The van der Waals surface area contributed by atoms with Crippen molar-refractivity contribution in [1.29, 1.82) is 0 Å². The first-order valence-corrected chi connectivity index (χ1v) is 20.5. The van der Waals surface area contributed by atoms with E-state index in [9.17, 15) is 14.7 Å². The fourth-order valence-electron chi connectivity index (χ4n) is 6.06. The topological polar surface area (TPSA) is 85.4 Å². The smallest absolute Gasteiger partial charge is 0.306 e. The molecule has 3 atom stereocenters. The Morgan fingerprint density at radius 1 is 0.653 bits per heavy atom. The number of aliphatic hydroxyl groups is 1. The summed E-state index contributed by atoms with van der Waals surface area (Å²) < 4.78 is 16.3. The molecule has 1 aliphatic rings. The Hall–Kier alpha value is -1.92. The highest BCUT2D eigenvalue weighted by Gasteiger charge is 2.36. The second-order valence-electron chi connectivity index (χ2n) is 14.6. The third-order valence-corrected chi connectivity index (χ3v) is 9.29. The quantitative estimate of drug-likeness (QED) is 0.0309. The molecule has 0 aromatic carbocycles. The minimum absolute atomic E-state index is 0.0930. The van der Waals surface area contributed by atoms with E-state index in [4.69, 9.17) is 14.2 Å². The number of carbonyl (C=O) groups excluding carboxylic acids is 2. The number of hydrogen-bond acceptors (Lipinski definition) is 6. The molecule has 0 saturated carbocycles. The van der Waals surface area contributed by atoms with E-state index in [1.54, 1.807) is 0 Å². The van der Waals surface area contributed by atoms with E-state index in [0.29, 0.717) is 12.8 Å². The zero-order chi connectivity index (χ0) is 35.6. The molecule has 284 valence electrons. The van der Waals surface area contributed by atoms with E-state index in [0.717, 1.165) is 50.9 Å². The number of epoxide rings is 1. The normalized spacial score (nSPS) is 16.8. The van der Waals surface area contributed by atoms with Crippen molar-refractivity contribution in [2.75, 3.05) is 13.2 Å². The first-order valence-electron chi connectivity index (χ1n) is 20.5. The van der Waals surface area contributed by atoms with Gasteiger partial charge in [0.1, 0.15) is 6.61 Å². The molecule has 1 fully saturated rings. The Kier molecular flexibility index (Phi) is 30.6. The van der Waals surface area contributed by atoms with E-state index in [-0.39, 0.29) is 43.8 Å². The lowest BCUT2D eigenvalue weighted by Gasteiger charge is -2.15. The fraction of sp³-hybridized carbons (Fsp3) is 0.814. The van der Waals surface area contributed by atoms with E-state index >= 15 is 0 Å². The summed E-state index contributed by atoms with van der Waals surface area (Å²) in [5.74, 6) is 0.183. The van der Waals surface area contributed by atoms with Crippen LogP contribution in [0, 0.1) is 5.92 Å². The van der Waals surface area contributed by atoms with Crippen LogP contribution in [0.3, 0.4) is 0 Å². The number of hydrogen-bond donors (Lipinski definition) is 1. The summed E-state index contributed by atoms with van der Waals surface area (Å²) >= 11 is 0. The van der Waals surface area contributed by atoms with Gasteiger partial charge in [-0.15, -0.1) is 0 Å². The highest BCUT2D eigenvalue weighted by molar-refractivity contribution is 5.70. The van der Waals surface area contributed by atoms with Crippen LogP contribution >= 0.6 is 0 Å². The standard InChI is InChI=1S/C43H76O6/c1-4-5-6-7-8-9-10-16-19-22-25-28-32-40-41(49-40)33-30-35-43(46)48-39(36-44)37-47-42(45)34-29-26-23-20-17-14-12-11-13-15-18-21-24-27-31-38(2)3/h8-9,16,19,25,28,38-41,44H,4-7,10-15,17-18,20-24,26-27,29-37H2,1-3H3/b9-8-,19-16-,28-25-/t39-,40?,41?/m0/s1. The van der Waals surface area contributed by atoms with Crippen LogP contribution in [0.1, 0.15) is 188 Å². The number of rotatable bonds is 35. The highest BCUT2D eigenvalue weighted by atomic mass is 16.6. The van der Waals surface area contributed by atoms with Gasteiger partial charge in [-0.25, -0.2) is 0 Å². The van der Waals surface area contributed by atoms with Crippen molar-refractivity contribution >= 4 is 11.9 Å². The van der Waals surface area contributed by atoms with Gasteiger partial charge in [-0.1, -0.05) is 160 Å². The monoisotopic (exact) mass is 689 g/mol. The Labute approximate surface area is 301 Å². The van der Waals surface area contributed by atoms with Crippen molar-refractivity contribution in [3.63, 3.8) is 0 Å². The molecule has 1 saturated heterocycles. The van der Waals surface area contributed by atoms with Crippen LogP contribution in [0.2, 0.25) is 0 Å². The van der Waals surface area contributed by atoms with Gasteiger partial charge in [0.2, 0.25) is 0 Å². The van der Waals surface area contributed by atoms with E-state index in [1.165, 1.54) is 103 Å². The molecule has 0 aliphatic carbocycles. The molecule has 0 bridgehead atoms. The lowest BCUT2D eigenvalue weighted by atomic mass is 10.0.